The van der Waals surface area contributed by atoms with Crippen molar-refractivity contribution in [3.8, 4) is 0 Å². The Morgan fingerprint density at radius 3 is 2.63 bits per heavy atom. The molecule has 0 radical (unpaired) electrons. The number of ketones is 1. The minimum Gasteiger partial charge on any atom is -0.465 e. The van der Waals surface area contributed by atoms with Crippen molar-refractivity contribution in [2.24, 2.45) is 0 Å². The number of hydrogen-bond donors (Lipinski definition) is 1. The highest BCUT2D eigenvalue weighted by Crippen LogP contribution is 2.30. The van der Waals surface area contributed by atoms with Crippen LogP contribution in [0.4, 0.5) is 5.69 Å². The summed E-state index contributed by atoms with van der Waals surface area (Å²) in [5, 5.41) is 2.92. The topological polar surface area (TPSA) is 79.6 Å². The molecule has 2 amide bonds. The molecule has 1 fully saturated rings. The third-order valence-electron chi connectivity index (χ3n) is 5.28. The predicted octanol–water partition coefficient (Wildman–Crippen LogP) is 2.95. The Labute approximate surface area is 157 Å². The minimum absolute atomic E-state index is 0.0221. The van der Waals surface area contributed by atoms with Gasteiger partial charge in [-0.1, -0.05) is 17.7 Å². The Balaban J connectivity index is 1.51. The van der Waals surface area contributed by atoms with E-state index in [9.17, 15) is 14.4 Å². The van der Waals surface area contributed by atoms with Crippen molar-refractivity contribution in [1.82, 2.24) is 5.32 Å². The molecule has 1 atom stereocenters. The lowest BCUT2D eigenvalue weighted by Gasteiger charge is -2.17. The molecule has 27 heavy (non-hydrogen) atoms. The summed E-state index contributed by atoms with van der Waals surface area (Å²) >= 11 is 0. The summed E-state index contributed by atoms with van der Waals surface area (Å²) in [7, 11) is 0. The van der Waals surface area contributed by atoms with Crippen LogP contribution in [0.2, 0.25) is 0 Å². The molecule has 0 spiro atoms. The highest BCUT2D eigenvalue weighted by Gasteiger charge is 2.35. The molecular weight excluding hydrogens is 344 g/mol. The average Bonchev–Trinajstić information content (AvgIpc) is 3.15. The number of Topliss-reactive ketones (excluding diaryl/α,β-unsaturated/α-hetero) is 1. The van der Waals surface area contributed by atoms with Crippen LogP contribution in [0, 0.1) is 13.8 Å². The van der Waals surface area contributed by atoms with Gasteiger partial charge in [0.15, 0.2) is 5.78 Å². The Bertz CT molecular complexity index is 926. The van der Waals surface area contributed by atoms with E-state index in [1.165, 1.54) is 0 Å². The lowest BCUT2D eigenvalue weighted by molar-refractivity contribution is -0.117. The molecule has 1 aromatic carbocycles. The van der Waals surface area contributed by atoms with Gasteiger partial charge in [-0.15, -0.1) is 0 Å². The normalized spacial score (nSPS) is 19.3. The number of amides is 2. The summed E-state index contributed by atoms with van der Waals surface area (Å²) in [5.74, 6) is 0.676. The summed E-state index contributed by atoms with van der Waals surface area (Å²) in [5.41, 5.74) is 2.71. The molecule has 1 aliphatic carbocycles. The van der Waals surface area contributed by atoms with Gasteiger partial charge in [0.05, 0.1) is 17.2 Å². The molecule has 2 aromatic rings. The zero-order valence-electron chi connectivity index (χ0n) is 15.5. The number of furan rings is 1. The Kier molecular flexibility index (Phi) is 4.34. The molecule has 6 nitrogen and oxygen atoms in total. The second-order valence-corrected chi connectivity index (χ2v) is 7.32. The first-order valence-electron chi connectivity index (χ1n) is 9.27. The molecular formula is C21H22N2O4. The Morgan fingerprint density at radius 1 is 1.15 bits per heavy atom. The highest BCUT2D eigenvalue weighted by molar-refractivity contribution is 6.10. The van der Waals surface area contributed by atoms with Crippen molar-refractivity contribution < 1.29 is 18.8 Å². The second kappa shape index (κ2) is 6.68. The number of nitrogens with one attached hydrogen (secondary N) is 1. The number of rotatable bonds is 3. The average molecular weight is 366 g/mol. The Morgan fingerprint density at radius 2 is 1.89 bits per heavy atom. The van der Waals surface area contributed by atoms with Crippen LogP contribution in [0.5, 0.6) is 0 Å². The van der Waals surface area contributed by atoms with Crippen molar-refractivity contribution in [3.05, 3.63) is 52.5 Å². The number of nitrogens with zero attached hydrogens (tertiary/aromatic N) is 1. The smallest absolute Gasteiger partial charge is 0.255 e. The lowest BCUT2D eigenvalue weighted by Crippen LogP contribution is -2.38. The summed E-state index contributed by atoms with van der Waals surface area (Å²) in [4.78, 5) is 39.2. The fraction of sp³-hybridized carbons (Fsp3) is 0.381. The molecule has 2 heterocycles. The van der Waals surface area contributed by atoms with Gasteiger partial charge < -0.3 is 14.6 Å². The summed E-state index contributed by atoms with van der Waals surface area (Å²) in [6, 6.07) is 7.44. The third kappa shape index (κ3) is 3.16. The molecule has 0 bridgehead atoms. The van der Waals surface area contributed by atoms with Gasteiger partial charge >= 0.3 is 0 Å². The number of anilines is 1. The van der Waals surface area contributed by atoms with Crippen LogP contribution in [0.1, 0.15) is 57.1 Å². The second-order valence-electron chi connectivity index (χ2n) is 7.32. The molecule has 0 saturated carbocycles. The van der Waals surface area contributed by atoms with Gasteiger partial charge in [-0.05, 0) is 32.4 Å². The maximum Gasteiger partial charge on any atom is 0.255 e. The molecule has 1 unspecified atom stereocenters. The van der Waals surface area contributed by atoms with E-state index in [4.69, 9.17) is 4.42 Å². The molecule has 2 aliphatic rings. The fourth-order valence-electron chi connectivity index (χ4n) is 3.92. The number of benzene rings is 1. The standard InChI is InChI=1S/C21H22N2O4/c1-12-6-8-15(9-7-12)23-11-14(10-18(23)25)22-21(26)19-13(2)27-17-5-3-4-16(24)20(17)19/h6-9,14H,3-5,10-11H2,1-2H3,(H,22,26). The number of hydrogen-bond acceptors (Lipinski definition) is 4. The van der Waals surface area contributed by atoms with Crippen LogP contribution in [0.15, 0.2) is 28.7 Å². The monoisotopic (exact) mass is 366 g/mol. The van der Waals surface area contributed by atoms with Gasteiger partial charge in [0.25, 0.3) is 5.91 Å². The van der Waals surface area contributed by atoms with Crippen LogP contribution in [-0.4, -0.2) is 30.2 Å². The molecule has 1 aliphatic heterocycles. The van der Waals surface area contributed by atoms with Crippen LogP contribution in [0.3, 0.4) is 0 Å². The van der Waals surface area contributed by atoms with Crippen molar-refractivity contribution in [2.45, 2.75) is 45.6 Å². The number of carbonyl (C=O) groups excluding carboxylic acids is 3. The third-order valence-corrected chi connectivity index (χ3v) is 5.28. The van der Waals surface area contributed by atoms with E-state index in [-0.39, 0.29) is 30.1 Å². The maximum atomic E-state index is 12.8. The van der Waals surface area contributed by atoms with Crippen LogP contribution < -0.4 is 10.2 Å². The molecule has 4 rings (SSSR count). The van der Waals surface area contributed by atoms with Crippen LogP contribution >= 0.6 is 0 Å². The first-order chi connectivity index (χ1) is 12.9. The summed E-state index contributed by atoms with van der Waals surface area (Å²) in [6.45, 7) is 4.12. The maximum absolute atomic E-state index is 12.8. The molecule has 1 N–H and O–H groups in total. The number of carbonyl (C=O) groups is 3. The van der Waals surface area contributed by atoms with Gasteiger partial charge in [-0.2, -0.15) is 0 Å². The van der Waals surface area contributed by atoms with Crippen molar-refractivity contribution in [3.63, 3.8) is 0 Å². The van der Waals surface area contributed by atoms with E-state index in [2.05, 4.69) is 5.32 Å². The van der Waals surface area contributed by atoms with E-state index in [0.717, 1.165) is 17.7 Å². The van der Waals surface area contributed by atoms with Crippen LogP contribution in [-0.2, 0) is 11.2 Å². The zero-order chi connectivity index (χ0) is 19.1. The highest BCUT2D eigenvalue weighted by atomic mass is 16.3. The van der Waals surface area contributed by atoms with Crippen molar-refractivity contribution in [1.29, 1.82) is 0 Å². The Hall–Kier alpha value is -2.89. The molecule has 1 saturated heterocycles. The van der Waals surface area contributed by atoms with Gasteiger partial charge in [0, 0.05) is 31.5 Å². The van der Waals surface area contributed by atoms with Gasteiger partial charge in [-0.25, -0.2) is 0 Å². The quantitative estimate of drug-likeness (QED) is 0.906. The van der Waals surface area contributed by atoms with E-state index in [1.54, 1.807) is 11.8 Å². The van der Waals surface area contributed by atoms with Crippen LogP contribution in [0.25, 0.3) is 0 Å². The summed E-state index contributed by atoms with van der Waals surface area (Å²) < 4.78 is 5.66. The van der Waals surface area contributed by atoms with Gasteiger partial charge in [-0.3, -0.25) is 14.4 Å². The first kappa shape index (κ1) is 17.5. The lowest BCUT2D eigenvalue weighted by atomic mass is 9.93. The van der Waals surface area contributed by atoms with Gasteiger partial charge in [0.1, 0.15) is 11.5 Å². The van der Waals surface area contributed by atoms with Gasteiger partial charge in [0.2, 0.25) is 5.91 Å². The predicted molar refractivity (Wildman–Crippen MR) is 100 cm³/mol. The van der Waals surface area contributed by atoms with E-state index < -0.39 is 0 Å². The van der Waals surface area contributed by atoms with E-state index in [0.29, 0.717) is 42.0 Å². The van der Waals surface area contributed by atoms with Crippen molar-refractivity contribution >= 4 is 23.3 Å². The minimum atomic E-state index is -0.337. The van der Waals surface area contributed by atoms with E-state index >= 15 is 0 Å². The zero-order valence-corrected chi connectivity index (χ0v) is 15.5. The molecule has 1 aromatic heterocycles. The van der Waals surface area contributed by atoms with Crippen molar-refractivity contribution in [2.75, 3.05) is 11.4 Å². The fourth-order valence-corrected chi connectivity index (χ4v) is 3.92. The van der Waals surface area contributed by atoms with E-state index in [1.807, 2.05) is 31.2 Å². The SMILES string of the molecule is Cc1ccc(N2CC(NC(=O)c3c(C)oc4c3C(=O)CCC4)CC2=O)cc1. The first-order valence-corrected chi connectivity index (χ1v) is 9.27. The molecule has 6 heteroatoms. The largest absolute Gasteiger partial charge is 0.465 e. The summed E-state index contributed by atoms with van der Waals surface area (Å²) in [6.07, 6.45) is 2.11. The number of aryl methyl sites for hydroxylation is 3. The number of fused-ring (bicyclic) bond motifs is 1. The molecule has 140 valence electrons.